The third-order valence-corrected chi connectivity index (χ3v) is 3.93. The summed E-state index contributed by atoms with van der Waals surface area (Å²) in [4.78, 5) is 8.58. The molecule has 1 N–H and O–H groups in total. The maximum absolute atomic E-state index is 9.50. The predicted octanol–water partition coefficient (Wildman–Crippen LogP) is 3.00. The molecule has 23 heavy (non-hydrogen) atoms. The number of imidazole rings is 1. The normalized spacial score (nSPS) is 11.2. The fourth-order valence-electron chi connectivity index (χ4n) is 2.56. The molecule has 3 heterocycles. The van der Waals surface area contributed by atoms with Gasteiger partial charge in [-0.1, -0.05) is 17.7 Å². The lowest BCUT2D eigenvalue weighted by atomic mass is 10.2. The molecule has 6 nitrogen and oxygen atoms in total. The highest BCUT2D eigenvalue weighted by molar-refractivity contribution is 6.33. The summed E-state index contributed by atoms with van der Waals surface area (Å²) >= 11 is 6.23. The van der Waals surface area contributed by atoms with Gasteiger partial charge >= 0.3 is 0 Å². The van der Waals surface area contributed by atoms with Crippen LogP contribution in [-0.2, 0) is 6.54 Å². The Hall–Kier alpha value is -2.86. The largest absolute Gasteiger partial charge is 0.508 e. The molecule has 0 radical (unpaired) electrons. The Morgan fingerprint density at radius 3 is 2.91 bits per heavy atom. The smallest absolute Gasteiger partial charge is 0.155 e. The molecule has 0 bridgehead atoms. The van der Waals surface area contributed by atoms with E-state index in [1.54, 1.807) is 22.8 Å². The summed E-state index contributed by atoms with van der Waals surface area (Å²) in [6.45, 7) is 0.577. The van der Waals surface area contributed by atoms with Crippen molar-refractivity contribution in [2.24, 2.45) is 0 Å². The molecule has 4 rings (SSSR count). The SMILES string of the molecule is Oc1ccc(-c2nccn2Cc2cccc3ncnn23)c(Cl)c1. The van der Waals surface area contributed by atoms with Gasteiger partial charge in [-0.2, -0.15) is 5.10 Å². The molecule has 7 heteroatoms. The highest BCUT2D eigenvalue weighted by Gasteiger charge is 2.12. The number of phenols is 1. The quantitative estimate of drug-likeness (QED) is 0.628. The third-order valence-electron chi connectivity index (χ3n) is 3.62. The Morgan fingerprint density at radius 1 is 1.13 bits per heavy atom. The number of fused-ring (bicyclic) bond motifs is 1. The van der Waals surface area contributed by atoms with Gasteiger partial charge in [-0.15, -0.1) is 0 Å². The zero-order valence-electron chi connectivity index (χ0n) is 12.0. The van der Waals surface area contributed by atoms with E-state index in [1.807, 2.05) is 29.0 Å². The molecule has 0 spiro atoms. The average molecular weight is 326 g/mol. The summed E-state index contributed by atoms with van der Waals surface area (Å²) in [7, 11) is 0. The molecule has 0 fully saturated rings. The maximum atomic E-state index is 9.50. The number of nitrogens with zero attached hydrogens (tertiary/aromatic N) is 5. The molecular formula is C16H12ClN5O. The maximum Gasteiger partial charge on any atom is 0.155 e. The van der Waals surface area contributed by atoms with Crippen molar-refractivity contribution in [2.75, 3.05) is 0 Å². The van der Waals surface area contributed by atoms with E-state index in [9.17, 15) is 5.11 Å². The van der Waals surface area contributed by atoms with Crippen molar-refractivity contribution in [2.45, 2.75) is 6.54 Å². The molecule has 114 valence electrons. The summed E-state index contributed by atoms with van der Waals surface area (Å²) < 4.78 is 3.77. The third kappa shape index (κ3) is 2.43. The number of halogens is 1. The summed E-state index contributed by atoms with van der Waals surface area (Å²) in [6.07, 6.45) is 5.14. The number of rotatable bonds is 3. The lowest BCUT2D eigenvalue weighted by Crippen LogP contribution is -2.06. The second-order valence-electron chi connectivity index (χ2n) is 5.09. The molecule has 3 aromatic heterocycles. The van der Waals surface area contributed by atoms with E-state index in [0.717, 1.165) is 22.7 Å². The van der Waals surface area contributed by atoms with Gasteiger partial charge in [0, 0.05) is 18.0 Å². The van der Waals surface area contributed by atoms with Gasteiger partial charge in [0.15, 0.2) is 5.65 Å². The minimum atomic E-state index is 0.129. The van der Waals surface area contributed by atoms with Crippen LogP contribution in [0.1, 0.15) is 5.69 Å². The monoisotopic (exact) mass is 325 g/mol. The standard InChI is InChI=1S/C16H12ClN5O/c17-14-8-12(23)4-5-13(14)16-18-6-7-21(16)9-11-2-1-3-15-19-10-20-22(11)15/h1-8,10,23H,9H2. The Morgan fingerprint density at radius 2 is 2.04 bits per heavy atom. The predicted molar refractivity (Wildman–Crippen MR) is 86.4 cm³/mol. The van der Waals surface area contributed by atoms with Crippen LogP contribution in [0, 0.1) is 0 Å². The Kier molecular flexibility index (Phi) is 3.24. The fourth-order valence-corrected chi connectivity index (χ4v) is 2.82. The van der Waals surface area contributed by atoms with E-state index in [2.05, 4.69) is 15.1 Å². The lowest BCUT2D eigenvalue weighted by Gasteiger charge is -2.10. The van der Waals surface area contributed by atoms with Crippen molar-refractivity contribution in [3.8, 4) is 17.1 Å². The van der Waals surface area contributed by atoms with Crippen molar-refractivity contribution >= 4 is 17.2 Å². The molecule has 0 amide bonds. The molecular weight excluding hydrogens is 314 g/mol. The van der Waals surface area contributed by atoms with Gasteiger partial charge < -0.3 is 9.67 Å². The van der Waals surface area contributed by atoms with E-state index in [0.29, 0.717) is 11.6 Å². The summed E-state index contributed by atoms with van der Waals surface area (Å²) in [5.41, 5.74) is 2.54. The molecule has 0 aliphatic heterocycles. The first-order valence-electron chi connectivity index (χ1n) is 7.00. The second kappa shape index (κ2) is 5.40. The van der Waals surface area contributed by atoms with Crippen LogP contribution in [0.25, 0.3) is 17.0 Å². The number of pyridine rings is 1. The molecule has 0 saturated heterocycles. The molecule has 0 aliphatic carbocycles. The van der Waals surface area contributed by atoms with E-state index in [4.69, 9.17) is 11.6 Å². The van der Waals surface area contributed by atoms with Crippen molar-refractivity contribution < 1.29 is 5.11 Å². The Balaban J connectivity index is 1.77. The van der Waals surface area contributed by atoms with E-state index in [-0.39, 0.29) is 5.75 Å². The van der Waals surface area contributed by atoms with Crippen LogP contribution in [0.15, 0.2) is 55.1 Å². The highest BCUT2D eigenvalue weighted by Crippen LogP contribution is 2.30. The Labute approximate surface area is 136 Å². The van der Waals surface area contributed by atoms with Crippen molar-refractivity contribution in [1.29, 1.82) is 0 Å². The van der Waals surface area contributed by atoms with Crippen LogP contribution in [-0.4, -0.2) is 29.3 Å². The second-order valence-corrected chi connectivity index (χ2v) is 5.50. The summed E-state index contributed by atoms with van der Waals surface area (Å²) in [5, 5.41) is 14.2. The van der Waals surface area contributed by atoms with Crippen molar-refractivity contribution in [3.05, 3.63) is 65.8 Å². The van der Waals surface area contributed by atoms with Crippen LogP contribution in [0.4, 0.5) is 0 Å². The van der Waals surface area contributed by atoms with Crippen LogP contribution in [0.2, 0.25) is 5.02 Å². The molecule has 0 atom stereocenters. The summed E-state index contributed by atoms with van der Waals surface area (Å²) in [6, 6.07) is 10.7. The number of hydrogen-bond donors (Lipinski definition) is 1. The van der Waals surface area contributed by atoms with Gasteiger partial charge in [-0.3, -0.25) is 0 Å². The molecule has 1 aromatic carbocycles. The first-order valence-corrected chi connectivity index (χ1v) is 7.38. The first kappa shape index (κ1) is 13.8. The van der Waals surface area contributed by atoms with Crippen LogP contribution < -0.4 is 0 Å². The fraction of sp³-hybridized carbons (Fsp3) is 0.0625. The number of phenolic OH excluding ortho intramolecular Hbond substituents is 1. The lowest BCUT2D eigenvalue weighted by molar-refractivity contribution is 0.475. The van der Waals surface area contributed by atoms with Gasteiger partial charge in [0.25, 0.3) is 0 Å². The van der Waals surface area contributed by atoms with Gasteiger partial charge in [-0.05, 0) is 30.3 Å². The molecule has 0 aliphatic rings. The molecule has 4 aromatic rings. The summed E-state index contributed by atoms with van der Waals surface area (Å²) in [5.74, 6) is 0.858. The molecule has 0 saturated carbocycles. The minimum Gasteiger partial charge on any atom is -0.508 e. The zero-order chi connectivity index (χ0) is 15.8. The zero-order valence-corrected chi connectivity index (χ0v) is 12.7. The van der Waals surface area contributed by atoms with Crippen molar-refractivity contribution in [1.82, 2.24) is 24.1 Å². The highest BCUT2D eigenvalue weighted by atomic mass is 35.5. The number of aromatic hydroxyl groups is 1. The van der Waals surface area contributed by atoms with Gasteiger partial charge in [0.1, 0.15) is 17.9 Å². The molecule has 0 unspecified atom stereocenters. The number of benzene rings is 1. The van der Waals surface area contributed by atoms with Gasteiger partial charge in [0.2, 0.25) is 0 Å². The minimum absolute atomic E-state index is 0.129. The van der Waals surface area contributed by atoms with E-state index >= 15 is 0 Å². The van der Waals surface area contributed by atoms with Crippen LogP contribution >= 0.6 is 11.6 Å². The van der Waals surface area contributed by atoms with E-state index in [1.165, 1.54) is 12.4 Å². The number of aromatic nitrogens is 5. The van der Waals surface area contributed by atoms with Crippen LogP contribution in [0.3, 0.4) is 0 Å². The van der Waals surface area contributed by atoms with E-state index < -0.39 is 0 Å². The van der Waals surface area contributed by atoms with Gasteiger partial charge in [-0.25, -0.2) is 14.5 Å². The topological polar surface area (TPSA) is 68.2 Å². The van der Waals surface area contributed by atoms with Gasteiger partial charge in [0.05, 0.1) is 17.3 Å². The average Bonchev–Trinajstić information content (AvgIpc) is 3.17. The van der Waals surface area contributed by atoms with Crippen LogP contribution in [0.5, 0.6) is 5.75 Å². The Bertz CT molecular complexity index is 991. The first-order chi connectivity index (χ1) is 11.2. The number of hydrogen-bond acceptors (Lipinski definition) is 4. The van der Waals surface area contributed by atoms with Crippen molar-refractivity contribution in [3.63, 3.8) is 0 Å².